The third-order valence-electron chi connectivity index (χ3n) is 5.25. The summed E-state index contributed by atoms with van der Waals surface area (Å²) < 4.78 is 0. The number of aromatic nitrogens is 1. The van der Waals surface area contributed by atoms with Crippen molar-refractivity contribution in [2.45, 2.75) is 12.5 Å². The Morgan fingerprint density at radius 2 is 1.44 bits per heavy atom. The molecule has 170 valence electrons. The van der Waals surface area contributed by atoms with E-state index in [-0.39, 0.29) is 0 Å². The number of rotatable bonds is 9. The number of benzene rings is 3. The molecule has 0 bridgehead atoms. The molecule has 0 aliphatic heterocycles. The Hall–Kier alpha value is -4.23. The van der Waals surface area contributed by atoms with Crippen LogP contribution in [0.15, 0.2) is 108 Å². The van der Waals surface area contributed by atoms with E-state index in [4.69, 9.17) is 14.9 Å². The van der Waals surface area contributed by atoms with Crippen LogP contribution >= 0.6 is 11.3 Å². The molecule has 0 atom stereocenters. The van der Waals surface area contributed by atoms with E-state index in [1.807, 2.05) is 60.0 Å². The number of aliphatic carboxylic acids is 1. The number of hydrogen-bond acceptors (Lipinski definition) is 6. The van der Waals surface area contributed by atoms with Gasteiger partial charge in [0.25, 0.3) is 0 Å². The van der Waals surface area contributed by atoms with Gasteiger partial charge < -0.3 is 15.3 Å². The van der Waals surface area contributed by atoms with Gasteiger partial charge in [-0.2, -0.15) is 0 Å². The molecule has 1 aromatic heterocycles. The van der Waals surface area contributed by atoms with Crippen molar-refractivity contribution in [1.29, 1.82) is 0 Å². The lowest BCUT2D eigenvalue weighted by Crippen LogP contribution is -2.38. The van der Waals surface area contributed by atoms with E-state index in [0.717, 1.165) is 16.7 Å². The van der Waals surface area contributed by atoms with E-state index < -0.39 is 11.5 Å². The summed E-state index contributed by atoms with van der Waals surface area (Å²) in [5.41, 5.74) is 3.06. The highest BCUT2D eigenvalue weighted by Gasteiger charge is 2.37. The van der Waals surface area contributed by atoms with Crippen LogP contribution in [0.1, 0.15) is 29.3 Å². The molecule has 7 heteroatoms. The van der Waals surface area contributed by atoms with Gasteiger partial charge in [0.15, 0.2) is 17.1 Å². The predicted molar refractivity (Wildman–Crippen MR) is 136 cm³/mol. The number of allylic oxidation sites excluding steroid dienone is 1. The van der Waals surface area contributed by atoms with Crippen LogP contribution in [0.25, 0.3) is 5.76 Å². The molecule has 1 heterocycles. The fourth-order valence-electron chi connectivity index (χ4n) is 3.76. The van der Waals surface area contributed by atoms with Crippen molar-refractivity contribution in [3.8, 4) is 0 Å². The third-order valence-corrected chi connectivity index (χ3v) is 6.01. The van der Waals surface area contributed by atoms with Crippen LogP contribution < -0.4 is 5.32 Å². The molecule has 0 aliphatic rings. The highest BCUT2D eigenvalue weighted by Crippen LogP contribution is 2.40. The number of oxime groups is 1. The van der Waals surface area contributed by atoms with Gasteiger partial charge in [-0.15, -0.1) is 11.3 Å². The SMILES string of the molecule is C/C=C(\O/N=C/C(=O)O)c1csc(NC(c2ccccc2)(c2ccccc2)c2ccccc2)n1. The number of carboxylic acid groups (broad SMARTS) is 1. The van der Waals surface area contributed by atoms with E-state index in [1.165, 1.54) is 11.3 Å². The van der Waals surface area contributed by atoms with Gasteiger partial charge in [-0.1, -0.05) is 96.2 Å². The predicted octanol–water partition coefficient (Wildman–Crippen LogP) is 5.99. The van der Waals surface area contributed by atoms with Gasteiger partial charge in [0.1, 0.15) is 11.2 Å². The third kappa shape index (κ3) is 4.89. The smallest absolute Gasteiger partial charge is 0.350 e. The lowest BCUT2D eigenvalue weighted by molar-refractivity contribution is -0.128. The summed E-state index contributed by atoms with van der Waals surface area (Å²) in [5, 5.41) is 18.5. The first-order valence-corrected chi connectivity index (χ1v) is 11.5. The molecule has 34 heavy (non-hydrogen) atoms. The number of carbonyl (C=O) groups is 1. The lowest BCUT2D eigenvalue weighted by atomic mass is 9.77. The Bertz CT molecular complexity index is 1190. The summed E-state index contributed by atoms with van der Waals surface area (Å²) in [6.45, 7) is 1.78. The fraction of sp³-hybridized carbons (Fsp3) is 0.0741. The molecule has 0 spiro atoms. The molecule has 4 aromatic rings. The second-order valence-electron chi connectivity index (χ2n) is 7.33. The van der Waals surface area contributed by atoms with E-state index in [2.05, 4.69) is 46.9 Å². The van der Waals surface area contributed by atoms with Gasteiger partial charge in [-0.05, 0) is 29.7 Å². The number of nitrogens with one attached hydrogen (secondary N) is 1. The number of thiazole rings is 1. The van der Waals surface area contributed by atoms with Gasteiger partial charge in [0.05, 0.1) is 0 Å². The van der Waals surface area contributed by atoms with Gasteiger partial charge >= 0.3 is 5.97 Å². The minimum Gasteiger partial charge on any atom is -0.477 e. The summed E-state index contributed by atoms with van der Waals surface area (Å²) in [6.07, 6.45) is 2.39. The zero-order valence-corrected chi connectivity index (χ0v) is 19.3. The molecule has 3 aromatic carbocycles. The molecule has 0 unspecified atom stereocenters. The molecule has 0 amide bonds. The van der Waals surface area contributed by atoms with Crippen LogP contribution in [-0.4, -0.2) is 22.3 Å². The highest BCUT2D eigenvalue weighted by atomic mass is 32.1. The summed E-state index contributed by atoms with van der Waals surface area (Å²) in [7, 11) is 0. The van der Waals surface area contributed by atoms with Crippen molar-refractivity contribution in [1.82, 2.24) is 4.98 Å². The average molecular weight is 470 g/mol. The maximum Gasteiger partial charge on any atom is 0.350 e. The van der Waals surface area contributed by atoms with E-state index in [9.17, 15) is 4.79 Å². The molecule has 0 saturated heterocycles. The lowest BCUT2D eigenvalue weighted by Gasteiger charge is -2.36. The quantitative estimate of drug-likeness (QED) is 0.136. The van der Waals surface area contributed by atoms with Crippen LogP contribution in [0.5, 0.6) is 0 Å². The zero-order valence-electron chi connectivity index (χ0n) is 18.5. The molecule has 0 radical (unpaired) electrons. The Kier molecular flexibility index (Phi) is 7.15. The first-order valence-electron chi connectivity index (χ1n) is 10.6. The van der Waals surface area contributed by atoms with Crippen LogP contribution in [0, 0.1) is 0 Å². The first-order chi connectivity index (χ1) is 16.6. The molecular weight excluding hydrogens is 446 g/mol. The topological polar surface area (TPSA) is 83.8 Å². The van der Waals surface area contributed by atoms with Crippen molar-refractivity contribution in [2.75, 3.05) is 5.32 Å². The van der Waals surface area contributed by atoms with Gasteiger partial charge in [0, 0.05) is 5.38 Å². The molecule has 2 N–H and O–H groups in total. The summed E-state index contributed by atoms with van der Waals surface area (Å²) in [4.78, 5) is 20.7. The number of hydrogen-bond donors (Lipinski definition) is 2. The van der Waals surface area contributed by atoms with Crippen molar-refractivity contribution in [3.05, 3.63) is 125 Å². The Balaban J connectivity index is 1.80. The number of anilines is 1. The Morgan fingerprint density at radius 3 is 1.88 bits per heavy atom. The van der Waals surface area contributed by atoms with Crippen LogP contribution in [0.2, 0.25) is 0 Å². The monoisotopic (exact) mass is 469 g/mol. The van der Waals surface area contributed by atoms with Gasteiger partial charge in [0.2, 0.25) is 0 Å². The molecular formula is C27H23N3O3S. The Labute approximate surface area is 201 Å². The maximum atomic E-state index is 10.7. The van der Waals surface area contributed by atoms with Crippen molar-refractivity contribution >= 4 is 34.4 Å². The zero-order chi connectivity index (χ0) is 23.8. The molecule has 4 rings (SSSR count). The summed E-state index contributed by atoms with van der Waals surface area (Å²) in [5.74, 6) is -0.819. The summed E-state index contributed by atoms with van der Waals surface area (Å²) >= 11 is 1.43. The molecule has 0 saturated carbocycles. The second-order valence-corrected chi connectivity index (χ2v) is 8.19. The first kappa shape index (κ1) is 22.9. The van der Waals surface area contributed by atoms with E-state index in [1.54, 1.807) is 13.0 Å². The largest absolute Gasteiger partial charge is 0.477 e. The minimum atomic E-state index is -1.19. The van der Waals surface area contributed by atoms with E-state index >= 15 is 0 Å². The van der Waals surface area contributed by atoms with Crippen molar-refractivity contribution < 1.29 is 14.7 Å². The van der Waals surface area contributed by atoms with Crippen LogP contribution in [0.3, 0.4) is 0 Å². The Morgan fingerprint density at radius 1 is 0.941 bits per heavy atom. The number of carboxylic acids is 1. The molecule has 6 nitrogen and oxygen atoms in total. The standard InChI is InChI=1S/C27H23N3O3S/c1-2-24(33-28-18-25(31)32)23-19-34-26(29-23)30-27(20-12-6-3-7-13-20,21-14-8-4-9-15-21)22-16-10-5-11-17-22/h2-19H,1H3,(H,29,30)(H,31,32)/b24-2-,28-18+. The molecule has 0 fully saturated rings. The van der Waals surface area contributed by atoms with E-state index in [0.29, 0.717) is 22.8 Å². The molecule has 0 aliphatic carbocycles. The summed E-state index contributed by atoms with van der Waals surface area (Å²) in [6, 6.07) is 30.7. The highest BCUT2D eigenvalue weighted by molar-refractivity contribution is 7.13. The minimum absolute atomic E-state index is 0.367. The fourth-order valence-corrected chi connectivity index (χ4v) is 4.52. The van der Waals surface area contributed by atoms with Gasteiger partial charge in [-0.3, -0.25) is 0 Å². The van der Waals surface area contributed by atoms with Crippen LogP contribution in [0.4, 0.5) is 5.13 Å². The van der Waals surface area contributed by atoms with Crippen molar-refractivity contribution in [2.24, 2.45) is 5.16 Å². The number of nitrogens with zero attached hydrogens (tertiary/aromatic N) is 2. The normalized spacial score (nSPS) is 12.0. The van der Waals surface area contributed by atoms with Gasteiger partial charge in [-0.25, -0.2) is 9.78 Å². The second kappa shape index (κ2) is 10.6. The van der Waals surface area contributed by atoms with Crippen molar-refractivity contribution in [3.63, 3.8) is 0 Å². The van der Waals surface area contributed by atoms with Crippen LogP contribution in [-0.2, 0) is 15.2 Å². The maximum absolute atomic E-state index is 10.7. The average Bonchev–Trinajstić information content (AvgIpc) is 3.35.